The lowest BCUT2D eigenvalue weighted by Gasteiger charge is -2.42. The summed E-state index contributed by atoms with van der Waals surface area (Å²) >= 11 is 0. The lowest BCUT2D eigenvalue weighted by Crippen LogP contribution is -2.65. The van der Waals surface area contributed by atoms with Crippen LogP contribution in [-0.4, -0.2) is 53.1 Å². The molecule has 0 saturated carbocycles. The molecule has 1 atom stereocenters. The third-order valence-corrected chi connectivity index (χ3v) is 6.56. The van der Waals surface area contributed by atoms with Gasteiger partial charge in [0.25, 0.3) is 5.91 Å². The minimum atomic E-state index is -1.41. The molecule has 35 heavy (non-hydrogen) atoms. The Morgan fingerprint density at radius 1 is 0.971 bits per heavy atom. The van der Waals surface area contributed by atoms with E-state index in [0.29, 0.717) is 17.9 Å². The Balaban J connectivity index is 1.72. The van der Waals surface area contributed by atoms with Crippen molar-refractivity contribution >= 4 is 40.1 Å². The molecule has 3 amide bonds. The fourth-order valence-electron chi connectivity index (χ4n) is 4.69. The number of nitrogens with one attached hydrogen (secondary N) is 3. The Morgan fingerprint density at radius 3 is 2.23 bits per heavy atom. The topological polar surface area (TPSA) is 111 Å². The lowest BCUT2D eigenvalue weighted by atomic mass is 9.95. The monoisotopic (exact) mass is 474 g/mol. The first-order chi connectivity index (χ1) is 16.6. The number of hydrogen-bond donors (Lipinski definition) is 4. The molecule has 1 heterocycles. The van der Waals surface area contributed by atoms with E-state index in [4.69, 9.17) is 0 Å². The maximum Gasteiger partial charge on any atom is 0.330 e. The Morgan fingerprint density at radius 2 is 1.60 bits per heavy atom. The third kappa shape index (κ3) is 4.70. The number of carbonyl (C=O) groups excluding carboxylic acids is 2. The number of rotatable bonds is 4. The van der Waals surface area contributed by atoms with E-state index in [1.165, 1.54) is 11.8 Å². The van der Waals surface area contributed by atoms with Gasteiger partial charge in [0.15, 0.2) is 0 Å². The van der Waals surface area contributed by atoms with Crippen molar-refractivity contribution in [3.63, 3.8) is 0 Å². The number of benzene rings is 3. The zero-order valence-corrected chi connectivity index (χ0v) is 20.4. The van der Waals surface area contributed by atoms with Gasteiger partial charge in [-0.3, -0.25) is 4.79 Å². The van der Waals surface area contributed by atoms with E-state index in [1.807, 2.05) is 57.2 Å². The number of nitrogens with zero attached hydrogens (tertiary/aromatic N) is 1. The molecule has 0 unspecified atom stereocenters. The summed E-state index contributed by atoms with van der Waals surface area (Å²) in [6.07, 6.45) is 0. The number of carboxylic acid groups (broad SMARTS) is 1. The van der Waals surface area contributed by atoms with Crippen molar-refractivity contribution in [1.82, 2.24) is 10.2 Å². The molecule has 4 N–H and O–H groups in total. The number of carboxylic acids is 1. The molecule has 182 valence electrons. The van der Waals surface area contributed by atoms with Crippen LogP contribution < -0.4 is 16.0 Å². The van der Waals surface area contributed by atoms with Crippen molar-refractivity contribution in [3.05, 3.63) is 70.8 Å². The number of carbonyl (C=O) groups is 3. The van der Waals surface area contributed by atoms with E-state index in [-0.39, 0.29) is 18.7 Å². The quantitative estimate of drug-likeness (QED) is 0.451. The van der Waals surface area contributed by atoms with Crippen molar-refractivity contribution in [1.29, 1.82) is 0 Å². The minimum absolute atomic E-state index is 0.136. The van der Waals surface area contributed by atoms with Crippen molar-refractivity contribution in [2.75, 3.05) is 30.3 Å². The van der Waals surface area contributed by atoms with Crippen LogP contribution in [0.2, 0.25) is 0 Å². The highest BCUT2D eigenvalue weighted by Gasteiger charge is 2.44. The molecule has 0 radical (unpaired) electrons. The number of amides is 3. The summed E-state index contributed by atoms with van der Waals surface area (Å²) < 4.78 is 0. The normalized spacial score (nSPS) is 17.8. The number of fused-ring (bicyclic) bond motifs is 1. The molecule has 8 heteroatoms. The molecule has 1 saturated heterocycles. The van der Waals surface area contributed by atoms with Crippen LogP contribution in [0.3, 0.4) is 0 Å². The number of urea groups is 1. The van der Waals surface area contributed by atoms with Crippen LogP contribution in [0.15, 0.2) is 48.5 Å². The van der Waals surface area contributed by atoms with Crippen LogP contribution in [0.5, 0.6) is 0 Å². The number of aryl methyl sites for hydroxylation is 3. The van der Waals surface area contributed by atoms with Crippen LogP contribution in [0.1, 0.15) is 34.0 Å². The van der Waals surface area contributed by atoms with Crippen molar-refractivity contribution in [2.45, 2.75) is 33.2 Å². The molecule has 0 aliphatic carbocycles. The molecular formula is C27H30N4O4. The Kier molecular flexibility index (Phi) is 6.49. The predicted molar refractivity (Wildman–Crippen MR) is 137 cm³/mol. The highest BCUT2D eigenvalue weighted by atomic mass is 16.4. The number of anilines is 2. The lowest BCUT2D eigenvalue weighted by molar-refractivity contribution is -0.149. The summed E-state index contributed by atoms with van der Waals surface area (Å²) in [5.74, 6) is -1.53. The second kappa shape index (κ2) is 9.38. The predicted octanol–water partition coefficient (Wildman–Crippen LogP) is 4.30. The van der Waals surface area contributed by atoms with Crippen LogP contribution in [0, 0.1) is 20.8 Å². The highest BCUT2D eigenvalue weighted by molar-refractivity contribution is 6.10. The maximum atomic E-state index is 13.7. The van der Waals surface area contributed by atoms with E-state index in [1.54, 1.807) is 12.1 Å². The van der Waals surface area contributed by atoms with Gasteiger partial charge in [0.1, 0.15) is 5.54 Å². The summed E-state index contributed by atoms with van der Waals surface area (Å²) in [6, 6.07) is 14.5. The molecule has 0 bridgehead atoms. The Hall–Kier alpha value is -3.91. The van der Waals surface area contributed by atoms with Gasteiger partial charge in [0, 0.05) is 25.3 Å². The van der Waals surface area contributed by atoms with Gasteiger partial charge in [-0.05, 0) is 61.7 Å². The zero-order chi connectivity index (χ0) is 25.3. The number of aliphatic carboxylic acids is 1. The van der Waals surface area contributed by atoms with Crippen molar-refractivity contribution in [3.8, 4) is 0 Å². The molecule has 1 fully saturated rings. The first-order valence-electron chi connectivity index (χ1n) is 11.5. The van der Waals surface area contributed by atoms with E-state index in [9.17, 15) is 19.5 Å². The summed E-state index contributed by atoms with van der Waals surface area (Å²) in [4.78, 5) is 40.2. The van der Waals surface area contributed by atoms with Gasteiger partial charge in [-0.25, -0.2) is 9.59 Å². The largest absolute Gasteiger partial charge is 0.479 e. The molecule has 3 aromatic rings. The first kappa shape index (κ1) is 24.2. The molecule has 0 aromatic heterocycles. The van der Waals surface area contributed by atoms with Crippen LogP contribution in [0.4, 0.5) is 16.2 Å². The summed E-state index contributed by atoms with van der Waals surface area (Å²) in [5.41, 5.74) is 2.84. The average Bonchev–Trinajstić information content (AvgIpc) is 2.80. The highest BCUT2D eigenvalue weighted by Crippen LogP contribution is 2.29. The molecule has 4 rings (SSSR count). The Labute approximate surface area is 204 Å². The van der Waals surface area contributed by atoms with Gasteiger partial charge >= 0.3 is 12.0 Å². The van der Waals surface area contributed by atoms with Crippen molar-refractivity contribution < 1.29 is 19.5 Å². The van der Waals surface area contributed by atoms with Crippen LogP contribution >= 0.6 is 0 Å². The average molecular weight is 475 g/mol. The second-order valence-electron chi connectivity index (χ2n) is 9.31. The Bertz CT molecular complexity index is 1310. The van der Waals surface area contributed by atoms with Crippen LogP contribution in [-0.2, 0) is 4.79 Å². The van der Waals surface area contributed by atoms with Crippen LogP contribution in [0.25, 0.3) is 10.8 Å². The van der Waals surface area contributed by atoms with Gasteiger partial charge in [-0.1, -0.05) is 42.0 Å². The van der Waals surface area contributed by atoms with Crippen molar-refractivity contribution in [2.24, 2.45) is 0 Å². The zero-order valence-electron chi connectivity index (χ0n) is 20.4. The number of hydrogen-bond acceptors (Lipinski definition) is 4. The third-order valence-electron chi connectivity index (χ3n) is 6.56. The van der Waals surface area contributed by atoms with Gasteiger partial charge in [0.2, 0.25) is 0 Å². The van der Waals surface area contributed by atoms with Gasteiger partial charge in [-0.2, -0.15) is 0 Å². The molecule has 8 nitrogen and oxygen atoms in total. The van der Waals surface area contributed by atoms with Gasteiger partial charge in [0.05, 0.1) is 11.3 Å². The fraction of sp³-hybridized carbons (Fsp3) is 0.296. The van der Waals surface area contributed by atoms with E-state index in [0.717, 1.165) is 27.5 Å². The molecule has 1 aliphatic heterocycles. The number of piperazine rings is 1. The minimum Gasteiger partial charge on any atom is -0.479 e. The first-order valence-corrected chi connectivity index (χ1v) is 11.5. The molecule has 3 aromatic carbocycles. The fourth-order valence-corrected chi connectivity index (χ4v) is 4.69. The summed E-state index contributed by atoms with van der Waals surface area (Å²) in [6.45, 7) is 8.24. The standard InChI is InChI=1S/C27H30N4O4/c1-16-11-17(2)23(18(3)12-16)30-26(35)29-22-14-20-8-6-5-7-19(20)13-21(22)24(32)31-10-9-28-15-27(31,4)25(33)34/h5-8,11-14,28H,9-10,15H2,1-4H3,(H,33,34)(H2,29,30,35)/t27-/m0/s1. The van der Waals surface area contributed by atoms with Gasteiger partial charge in [-0.15, -0.1) is 0 Å². The summed E-state index contributed by atoms with van der Waals surface area (Å²) in [5, 5.41) is 20.3. The smallest absolute Gasteiger partial charge is 0.330 e. The van der Waals surface area contributed by atoms with Gasteiger partial charge < -0.3 is 26.0 Å². The van der Waals surface area contributed by atoms with E-state index < -0.39 is 23.4 Å². The summed E-state index contributed by atoms with van der Waals surface area (Å²) in [7, 11) is 0. The SMILES string of the molecule is Cc1cc(C)c(NC(=O)Nc2cc3ccccc3cc2C(=O)N2CCNC[C@@]2(C)C(=O)O)c(C)c1. The molecule has 1 aliphatic rings. The maximum absolute atomic E-state index is 13.7. The van der Waals surface area contributed by atoms with E-state index >= 15 is 0 Å². The molecular weight excluding hydrogens is 444 g/mol. The second-order valence-corrected chi connectivity index (χ2v) is 9.31. The van der Waals surface area contributed by atoms with E-state index in [2.05, 4.69) is 16.0 Å². The molecule has 0 spiro atoms.